The maximum Gasteiger partial charge on any atom is 0.416 e. The average molecular weight is 738 g/mol. The molecular weight excluding hydrogens is 686 g/mol. The Morgan fingerprint density at radius 2 is 1.60 bits per heavy atom. The fourth-order valence-corrected chi connectivity index (χ4v) is 9.20. The molecule has 1 aromatic heterocycles. The molecule has 0 bridgehead atoms. The van der Waals surface area contributed by atoms with E-state index in [-0.39, 0.29) is 23.7 Å². The Morgan fingerprint density at radius 3 is 2.21 bits per heavy atom. The summed E-state index contributed by atoms with van der Waals surface area (Å²) < 4.78 is 58.9. The average Bonchev–Trinajstić information content (AvgIpc) is 3.79. The predicted octanol–water partition coefficient (Wildman–Crippen LogP) is 8.82. The van der Waals surface area contributed by atoms with Crippen molar-refractivity contribution in [3.8, 4) is 11.1 Å². The van der Waals surface area contributed by atoms with Gasteiger partial charge in [0.1, 0.15) is 11.9 Å². The highest BCUT2D eigenvalue weighted by Gasteiger charge is 2.39. The number of halogens is 4. The van der Waals surface area contributed by atoms with Gasteiger partial charge in [0, 0.05) is 18.3 Å². The Balaban J connectivity index is 1.36. The van der Waals surface area contributed by atoms with Gasteiger partial charge in [-0.1, -0.05) is 32.8 Å². The molecule has 2 fully saturated rings. The number of pyridine rings is 1. The second-order valence-electron chi connectivity index (χ2n) is 15.9. The van der Waals surface area contributed by atoms with Gasteiger partial charge in [-0.05, 0) is 153 Å². The van der Waals surface area contributed by atoms with Gasteiger partial charge in [0.05, 0.1) is 18.0 Å². The number of rotatable bonds is 11. The molecular formula is C42H51F4N3O4. The van der Waals surface area contributed by atoms with Crippen molar-refractivity contribution in [3.05, 3.63) is 91.6 Å². The van der Waals surface area contributed by atoms with E-state index in [0.29, 0.717) is 43.6 Å². The quantitative estimate of drug-likeness (QED) is 0.192. The number of hydrogen-bond donors (Lipinski definition) is 2. The Bertz CT molecular complexity index is 1880. The largest absolute Gasteiger partial charge is 0.481 e. The fraction of sp³-hybridized carbons (Fsp3) is 0.548. The van der Waals surface area contributed by atoms with Gasteiger partial charge in [0.15, 0.2) is 0 Å². The summed E-state index contributed by atoms with van der Waals surface area (Å²) in [4.78, 5) is 42.6. The lowest BCUT2D eigenvalue weighted by atomic mass is 9.86. The van der Waals surface area contributed by atoms with Crippen molar-refractivity contribution in [3.63, 3.8) is 0 Å². The van der Waals surface area contributed by atoms with Crippen LogP contribution in [-0.2, 0) is 28.6 Å². The molecule has 0 spiro atoms. The topological polar surface area (TPSA) is 91.6 Å². The first kappa shape index (κ1) is 38.7. The fourth-order valence-electron chi connectivity index (χ4n) is 9.20. The number of hydrogen-bond acceptors (Lipinski definition) is 4. The van der Waals surface area contributed by atoms with E-state index in [4.69, 9.17) is 0 Å². The van der Waals surface area contributed by atoms with Crippen molar-refractivity contribution in [1.29, 1.82) is 0 Å². The third kappa shape index (κ3) is 8.55. The normalized spacial score (nSPS) is 18.4. The molecule has 286 valence electrons. The number of carbonyl (C=O) groups is 2. The van der Waals surface area contributed by atoms with Gasteiger partial charge >= 0.3 is 12.1 Å². The van der Waals surface area contributed by atoms with Crippen LogP contribution in [0.3, 0.4) is 0 Å². The number of nitrogens with one attached hydrogen (secondary N) is 1. The first-order valence-electron chi connectivity index (χ1n) is 19.1. The SMILES string of the molecule is Cc1cc(F)cc(C)c1-c1cc(C(CC(=O)O)NC(=O)C(CC(C)C)n2cc(C3CCN(C4CCCC4)CC3)c(C(F)(F)F)cc2=O)cc2c1CCC2. The number of benzene rings is 2. The van der Waals surface area contributed by atoms with E-state index >= 15 is 0 Å². The van der Waals surface area contributed by atoms with Crippen LogP contribution in [0, 0.1) is 25.6 Å². The Kier molecular flexibility index (Phi) is 11.5. The number of nitrogens with zero attached hydrogens (tertiary/aromatic N) is 2. The van der Waals surface area contributed by atoms with Crippen LogP contribution in [0.1, 0.15) is 129 Å². The summed E-state index contributed by atoms with van der Waals surface area (Å²) in [6.45, 7) is 8.76. The molecule has 7 nitrogen and oxygen atoms in total. The van der Waals surface area contributed by atoms with Crippen molar-refractivity contribution in [1.82, 2.24) is 14.8 Å². The third-order valence-corrected chi connectivity index (χ3v) is 11.7. The second-order valence-corrected chi connectivity index (χ2v) is 15.9. The summed E-state index contributed by atoms with van der Waals surface area (Å²) in [5.74, 6) is -2.68. The summed E-state index contributed by atoms with van der Waals surface area (Å²) in [7, 11) is 0. The van der Waals surface area contributed by atoms with Crippen molar-refractivity contribution < 1.29 is 32.3 Å². The molecule has 2 atom stereocenters. The Hall–Kier alpha value is -3.99. The maximum absolute atomic E-state index is 14.5. The molecule has 2 unspecified atom stereocenters. The lowest BCUT2D eigenvalue weighted by Gasteiger charge is -2.37. The molecule has 0 radical (unpaired) electrons. The smallest absolute Gasteiger partial charge is 0.416 e. The zero-order valence-corrected chi connectivity index (χ0v) is 31.1. The molecule has 2 aliphatic carbocycles. The van der Waals surface area contributed by atoms with E-state index in [1.54, 1.807) is 0 Å². The molecule has 1 saturated carbocycles. The summed E-state index contributed by atoms with van der Waals surface area (Å²) in [5, 5.41) is 12.9. The van der Waals surface area contributed by atoms with E-state index in [9.17, 15) is 37.1 Å². The van der Waals surface area contributed by atoms with Gasteiger partial charge in [0.25, 0.3) is 5.56 Å². The zero-order chi connectivity index (χ0) is 38.2. The Labute approximate surface area is 308 Å². The van der Waals surface area contributed by atoms with Crippen molar-refractivity contribution in [2.24, 2.45) is 5.92 Å². The van der Waals surface area contributed by atoms with Crippen molar-refractivity contribution in [2.75, 3.05) is 13.1 Å². The number of aliphatic carboxylic acids is 1. The van der Waals surface area contributed by atoms with Crippen LogP contribution < -0.4 is 10.9 Å². The van der Waals surface area contributed by atoms with Gasteiger partial charge in [0.2, 0.25) is 5.91 Å². The standard InChI is InChI=1S/C42H51F4N3O4/c1-24(2)16-37(49-23-34(35(21-38(49)50)42(44,45)46)27-12-14-48(15-13-27)31-9-5-6-10-31)41(53)47-36(22-39(51)52)29-19-28-8-7-11-32(28)33(20-29)40-25(3)17-30(43)18-26(40)4/h17-21,23-24,27,31,36-37H,5-16,22H2,1-4H3,(H,47,53)(H,51,52). The number of aryl methyl sites for hydroxylation is 3. The number of piperidine rings is 1. The number of likely N-dealkylation sites (tertiary alicyclic amines) is 1. The highest BCUT2D eigenvalue weighted by Crippen LogP contribution is 2.41. The number of amides is 1. The molecule has 3 aliphatic rings. The predicted molar refractivity (Wildman–Crippen MR) is 196 cm³/mol. The zero-order valence-electron chi connectivity index (χ0n) is 31.1. The number of carboxylic acids is 1. The van der Waals surface area contributed by atoms with Crippen molar-refractivity contribution >= 4 is 11.9 Å². The molecule has 11 heteroatoms. The first-order chi connectivity index (χ1) is 25.1. The number of carboxylic acid groups (broad SMARTS) is 1. The minimum Gasteiger partial charge on any atom is -0.481 e. The monoisotopic (exact) mass is 737 g/mol. The van der Waals surface area contributed by atoms with E-state index in [1.165, 1.54) is 31.2 Å². The molecule has 3 aromatic rings. The van der Waals surface area contributed by atoms with E-state index in [1.807, 2.05) is 39.8 Å². The van der Waals surface area contributed by atoms with Crippen LogP contribution in [0.4, 0.5) is 17.6 Å². The molecule has 2 N–H and O–H groups in total. The molecule has 1 amide bonds. The van der Waals surface area contributed by atoms with Gasteiger partial charge in [-0.15, -0.1) is 0 Å². The number of aromatic nitrogens is 1. The van der Waals surface area contributed by atoms with Gasteiger partial charge < -0.3 is 19.9 Å². The van der Waals surface area contributed by atoms with E-state index in [2.05, 4.69) is 10.2 Å². The molecule has 2 heterocycles. The van der Waals surface area contributed by atoms with Crippen LogP contribution >= 0.6 is 0 Å². The van der Waals surface area contributed by atoms with E-state index < -0.39 is 53.6 Å². The lowest BCUT2D eigenvalue weighted by Crippen LogP contribution is -2.42. The molecule has 1 saturated heterocycles. The number of fused-ring (bicyclic) bond motifs is 1. The second kappa shape index (κ2) is 15.8. The molecule has 2 aromatic carbocycles. The lowest BCUT2D eigenvalue weighted by molar-refractivity contribution is -0.139. The summed E-state index contributed by atoms with van der Waals surface area (Å²) in [5.41, 5.74) is 4.08. The van der Waals surface area contributed by atoms with Crippen LogP contribution in [-0.4, -0.2) is 45.6 Å². The van der Waals surface area contributed by atoms with Crippen LogP contribution in [0.15, 0.2) is 41.3 Å². The molecule has 53 heavy (non-hydrogen) atoms. The summed E-state index contributed by atoms with van der Waals surface area (Å²) >= 11 is 0. The highest BCUT2D eigenvalue weighted by molar-refractivity contribution is 5.82. The minimum atomic E-state index is -4.74. The van der Waals surface area contributed by atoms with Crippen LogP contribution in [0.2, 0.25) is 0 Å². The van der Waals surface area contributed by atoms with Gasteiger partial charge in [-0.3, -0.25) is 14.4 Å². The summed E-state index contributed by atoms with van der Waals surface area (Å²) in [6.07, 6.45) is 4.28. The number of alkyl halides is 3. The molecule has 1 aliphatic heterocycles. The minimum absolute atomic E-state index is 0.0279. The highest BCUT2D eigenvalue weighted by atomic mass is 19.4. The third-order valence-electron chi connectivity index (χ3n) is 11.7. The van der Waals surface area contributed by atoms with Crippen LogP contribution in [0.5, 0.6) is 0 Å². The van der Waals surface area contributed by atoms with Gasteiger partial charge in [-0.25, -0.2) is 4.39 Å². The van der Waals surface area contributed by atoms with Crippen molar-refractivity contribution in [2.45, 2.75) is 129 Å². The van der Waals surface area contributed by atoms with Gasteiger partial charge in [-0.2, -0.15) is 13.2 Å². The summed E-state index contributed by atoms with van der Waals surface area (Å²) in [6, 6.07) is 5.67. The Morgan fingerprint density at radius 1 is 0.943 bits per heavy atom. The maximum atomic E-state index is 14.5. The first-order valence-corrected chi connectivity index (χ1v) is 19.1. The molecule has 6 rings (SSSR count). The van der Waals surface area contributed by atoms with E-state index in [0.717, 1.165) is 70.1 Å². The van der Waals surface area contributed by atoms with Crippen LogP contribution in [0.25, 0.3) is 11.1 Å². The number of carbonyl (C=O) groups excluding carboxylic acids is 1.